The first-order valence-corrected chi connectivity index (χ1v) is 8.05. The fourth-order valence-electron chi connectivity index (χ4n) is 2.80. The average molecular weight is 317 g/mol. The van der Waals surface area contributed by atoms with Crippen LogP contribution in [0.3, 0.4) is 0 Å². The molecule has 0 bridgehead atoms. The molecule has 1 fully saturated rings. The molecule has 126 valence electrons. The van der Waals surface area contributed by atoms with Gasteiger partial charge in [0.1, 0.15) is 6.04 Å². The number of amides is 2. The van der Waals surface area contributed by atoms with Crippen molar-refractivity contribution in [2.45, 2.75) is 32.2 Å². The quantitative estimate of drug-likeness (QED) is 0.899. The van der Waals surface area contributed by atoms with Gasteiger partial charge in [-0.2, -0.15) is 0 Å². The molecule has 0 saturated carbocycles. The number of benzene rings is 1. The molecule has 1 unspecified atom stereocenters. The molecule has 0 spiro atoms. The first kappa shape index (κ1) is 17.5. The first-order chi connectivity index (χ1) is 10.7. The van der Waals surface area contributed by atoms with Crippen molar-refractivity contribution in [2.75, 3.05) is 33.7 Å². The molecular weight excluding hydrogens is 290 g/mol. The lowest BCUT2D eigenvalue weighted by atomic mass is 9.86. The van der Waals surface area contributed by atoms with Gasteiger partial charge in [-0.15, -0.1) is 0 Å². The fraction of sp³-hybridized carbons (Fsp3) is 0.556. The number of nitrogens with zero attached hydrogens (tertiary/aromatic N) is 2. The van der Waals surface area contributed by atoms with Crippen LogP contribution in [0.4, 0.5) is 0 Å². The SMILES string of the molecule is CNC(=O)C1CN(C(=O)c2ccc(C(C)(C)C)cc2)CCN1C. The van der Waals surface area contributed by atoms with Gasteiger partial charge >= 0.3 is 0 Å². The number of carbonyl (C=O) groups is 2. The van der Waals surface area contributed by atoms with Gasteiger partial charge in [0, 0.05) is 32.2 Å². The lowest BCUT2D eigenvalue weighted by Gasteiger charge is -2.38. The molecular formula is C18H27N3O2. The van der Waals surface area contributed by atoms with Crippen LogP contribution in [-0.2, 0) is 10.2 Å². The molecule has 2 amide bonds. The van der Waals surface area contributed by atoms with E-state index in [2.05, 4.69) is 26.1 Å². The van der Waals surface area contributed by atoms with E-state index >= 15 is 0 Å². The number of likely N-dealkylation sites (N-methyl/N-ethyl adjacent to an activating group) is 2. The van der Waals surface area contributed by atoms with E-state index in [9.17, 15) is 9.59 Å². The Morgan fingerprint density at radius 2 is 1.74 bits per heavy atom. The molecule has 2 rings (SSSR count). The van der Waals surface area contributed by atoms with E-state index in [0.29, 0.717) is 25.2 Å². The van der Waals surface area contributed by atoms with Crippen LogP contribution < -0.4 is 5.32 Å². The van der Waals surface area contributed by atoms with Crippen molar-refractivity contribution in [2.24, 2.45) is 0 Å². The molecule has 1 atom stereocenters. The predicted octanol–water partition coefficient (Wildman–Crippen LogP) is 1.49. The van der Waals surface area contributed by atoms with E-state index in [-0.39, 0.29) is 23.3 Å². The van der Waals surface area contributed by atoms with Crippen LogP contribution in [0.15, 0.2) is 24.3 Å². The largest absolute Gasteiger partial charge is 0.358 e. The summed E-state index contributed by atoms with van der Waals surface area (Å²) in [6.07, 6.45) is 0. The number of hydrogen-bond acceptors (Lipinski definition) is 3. The molecule has 5 nitrogen and oxygen atoms in total. The Hall–Kier alpha value is -1.88. The Balaban J connectivity index is 2.12. The second kappa shape index (κ2) is 6.71. The maximum atomic E-state index is 12.7. The highest BCUT2D eigenvalue weighted by molar-refractivity contribution is 5.95. The molecule has 1 aromatic rings. The summed E-state index contributed by atoms with van der Waals surface area (Å²) >= 11 is 0. The summed E-state index contributed by atoms with van der Waals surface area (Å²) in [5.74, 6) is -0.0551. The Morgan fingerprint density at radius 1 is 1.13 bits per heavy atom. The minimum Gasteiger partial charge on any atom is -0.358 e. The minimum atomic E-state index is -0.286. The second-order valence-corrected chi connectivity index (χ2v) is 7.19. The molecule has 1 aromatic carbocycles. The summed E-state index contributed by atoms with van der Waals surface area (Å²) in [5, 5.41) is 2.67. The van der Waals surface area contributed by atoms with Crippen molar-refractivity contribution in [3.8, 4) is 0 Å². The van der Waals surface area contributed by atoms with Crippen LogP contribution in [-0.4, -0.2) is 61.4 Å². The van der Waals surface area contributed by atoms with Gasteiger partial charge < -0.3 is 10.2 Å². The third-order valence-electron chi connectivity index (χ3n) is 4.48. The molecule has 1 N–H and O–H groups in total. The molecule has 0 aromatic heterocycles. The number of rotatable bonds is 2. The van der Waals surface area contributed by atoms with Crippen LogP contribution in [0, 0.1) is 0 Å². The van der Waals surface area contributed by atoms with E-state index in [0.717, 1.165) is 0 Å². The van der Waals surface area contributed by atoms with Gasteiger partial charge in [-0.1, -0.05) is 32.9 Å². The van der Waals surface area contributed by atoms with Gasteiger partial charge in [-0.05, 0) is 30.2 Å². The molecule has 1 aliphatic heterocycles. The van der Waals surface area contributed by atoms with Crippen molar-refractivity contribution in [3.05, 3.63) is 35.4 Å². The van der Waals surface area contributed by atoms with E-state index in [4.69, 9.17) is 0 Å². The predicted molar refractivity (Wildman–Crippen MR) is 91.5 cm³/mol. The van der Waals surface area contributed by atoms with E-state index < -0.39 is 0 Å². The fourth-order valence-corrected chi connectivity index (χ4v) is 2.80. The highest BCUT2D eigenvalue weighted by Gasteiger charge is 2.32. The summed E-state index contributed by atoms with van der Waals surface area (Å²) in [6.45, 7) is 8.22. The molecule has 1 aliphatic rings. The van der Waals surface area contributed by atoms with Gasteiger partial charge in [-0.25, -0.2) is 0 Å². The molecule has 1 heterocycles. The van der Waals surface area contributed by atoms with E-state index in [1.54, 1.807) is 11.9 Å². The van der Waals surface area contributed by atoms with Gasteiger partial charge in [-0.3, -0.25) is 14.5 Å². The summed E-state index contributed by atoms with van der Waals surface area (Å²) in [4.78, 5) is 28.4. The molecule has 5 heteroatoms. The monoisotopic (exact) mass is 317 g/mol. The summed E-state index contributed by atoms with van der Waals surface area (Å²) in [6, 6.07) is 7.51. The smallest absolute Gasteiger partial charge is 0.253 e. The van der Waals surface area contributed by atoms with Crippen LogP contribution >= 0.6 is 0 Å². The van der Waals surface area contributed by atoms with Gasteiger partial charge in [0.15, 0.2) is 0 Å². The molecule has 23 heavy (non-hydrogen) atoms. The summed E-state index contributed by atoms with van der Waals surface area (Å²) in [5.41, 5.74) is 1.95. The highest BCUT2D eigenvalue weighted by atomic mass is 16.2. The van der Waals surface area contributed by atoms with Crippen LogP contribution in [0.5, 0.6) is 0 Å². The maximum absolute atomic E-state index is 12.7. The Bertz CT molecular complexity index is 575. The van der Waals surface area contributed by atoms with Crippen LogP contribution in [0.25, 0.3) is 0 Å². The number of piperazine rings is 1. The standard InChI is InChI=1S/C18H27N3O2/c1-18(2,3)14-8-6-13(7-9-14)17(23)21-11-10-20(5)15(12-21)16(22)19-4/h6-9,15H,10-12H2,1-5H3,(H,19,22). The Labute approximate surface area is 138 Å². The minimum absolute atomic E-state index is 0.00698. The number of nitrogens with one attached hydrogen (secondary N) is 1. The maximum Gasteiger partial charge on any atom is 0.253 e. The zero-order chi connectivity index (χ0) is 17.2. The topological polar surface area (TPSA) is 52.7 Å². The lowest BCUT2D eigenvalue weighted by molar-refractivity contribution is -0.127. The van der Waals surface area contributed by atoms with Gasteiger partial charge in [0.05, 0.1) is 0 Å². The van der Waals surface area contributed by atoms with Crippen molar-refractivity contribution in [3.63, 3.8) is 0 Å². The lowest BCUT2D eigenvalue weighted by Crippen LogP contribution is -2.58. The third kappa shape index (κ3) is 3.91. The zero-order valence-corrected chi connectivity index (χ0v) is 14.7. The second-order valence-electron chi connectivity index (χ2n) is 7.19. The van der Waals surface area contributed by atoms with Crippen LogP contribution in [0.1, 0.15) is 36.7 Å². The zero-order valence-electron chi connectivity index (χ0n) is 14.7. The van der Waals surface area contributed by atoms with E-state index in [1.165, 1.54) is 5.56 Å². The molecule has 0 radical (unpaired) electrons. The normalized spacial score (nSPS) is 19.5. The summed E-state index contributed by atoms with van der Waals surface area (Å²) < 4.78 is 0. The molecule has 0 aliphatic carbocycles. The van der Waals surface area contributed by atoms with Crippen molar-refractivity contribution >= 4 is 11.8 Å². The number of carbonyl (C=O) groups excluding carboxylic acids is 2. The van der Waals surface area contributed by atoms with E-state index in [1.807, 2.05) is 36.2 Å². The Morgan fingerprint density at radius 3 is 2.26 bits per heavy atom. The van der Waals surface area contributed by atoms with Gasteiger partial charge in [0.25, 0.3) is 5.91 Å². The third-order valence-corrected chi connectivity index (χ3v) is 4.48. The first-order valence-electron chi connectivity index (χ1n) is 8.05. The van der Waals surface area contributed by atoms with Crippen LogP contribution in [0.2, 0.25) is 0 Å². The average Bonchev–Trinajstić information content (AvgIpc) is 2.53. The summed E-state index contributed by atoms with van der Waals surface area (Å²) in [7, 11) is 3.54. The molecule has 1 saturated heterocycles. The number of hydrogen-bond donors (Lipinski definition) is 1. The van der Waals surface area contributed by atoms with Gasteiger partial charge in [0.2, 0.25) is 5.91 Å². The highest BCUT2D eigenvalue weighted by Crippen LogP contribution is 2.23. The van der Waals surface area contributed by atoms with Crippen molar-refractivity contribution in [1.82, 2.24) is 15.1 Å². The Kier molecular flexibility index (Phi) is 5.09. The van der Waals surface area contributed by atoms with Crippen molar-refractivity contribution in [1.29, 1.82) is 0 Å². The van der Waals surface area contributed by atoms with Crippen molar-refractivity contribution < 1.29 is 9.59 Å².